The summed E-state index contributed by atoms with van der Waals surface area (Å²) in [6.07, 6.45) is 9.58. The molecule has 0 aromatic carbocycles. The third-order valence-electron chi connectivity index (χ3n) is 5.22. The molecule has 1 aromatic rings. The minimum Gasteiger partial charge on any atom is -0.425 e. The van der Waals surface area contributed by atoms with Crippen LogP contribution in [0.25, 0.3) is 0 Å². The van der Waals surface area contributed by atoms with E-state index in [2.05, 4.69) is 15.5 Å². The molecule has 128 valence electrons. The van der Waals surface area contributed by atoms with Crippen molar-refractivity contribution >= 4 is 5.91 Å². The van der Waals surface area contributed by atoms with E-state index < -0.39 is 0 Å². The summed E-state index contributed by atoms with van der Waals surface area (Å²) < 4.78 is 5.71. The molecule has 0 aliphatic heterocycles. The van der Waals surface area contributed by atoms with Crippen LogP contribution in [0.15, 0.2) is 4.42 Å². The molecular weight excluding hydrogens is 294 g/mol. The number of rotatable bonds is 6. The Kier molecular flexibility index (Phi) is 5.65. The van der Waals surface area contributed by atoms with Crippen molar-refractivity contribution in [2.45, 2.75) is 76.2 Å². The third-order valence-corrected chi connectivity index (χ3v) is 5.22. The van der Waals surface area contributed by atoms with Crippen molar-refractivity contribution in [1.82, 2.24) is 15.5 Å². The van der Waals surface area contributed by atoms with Gasteiger partial charge in [-0.1, -0.05) is 12.8 Å². The van der Waals surface area contributed by atoms with Crippen LogP contribution in [0.3, 0.4) is 0 Å². The first-order valence-corrected chi connectivity index (χ1v) is 8.97. The lowest BCUT2D eigenvalue weighted by Crippen LogP contribution is -2.38. The lowest BCUT2D eigenvalue weighted by atomic mass is 9.86. The summed E-state index contributed by atoms with van der Waals surface area (Å²) in [4.78, 5) is 12.0. The molecule has 2 fully saturated rings. The van der Waals surface area contributed by atoms with Crippen LogP contribution in [-0.4, -0.2) is 33.9 Å². The van der Waals surface area contributed by atoms with Crippen molar-refractivity contribution in [2.24, 2.45) is 5.92 Å². The molecule has 1 heterocycles. The molecule has 1 amide bonds. The van der Waals surface area contributed by atoms with Crippen LogP contribution in [0.5, 0.6) is 0 Å². The number of aromatic nitrogens is 2. The van der Waals surface area contributed by atoms with Gasteiger partial charge in [-0.15, -0.1) is 10.2 Å². The molecule has 23 heavy (non-hydrogen) atoms. The average molecular weight is 321 g/mol. The van der Waals surface area contributed by atoms with E-state index in [1.165, 1.54) is 12.8 Å². The summed E-state index contributed by atoms with van der Waals surface area (Å²) in [6.45, 7) is 0.265. The van der Waals surface area contributed by atoms with Crippen LogP contribution in [0.4, 0.5) is 0 Å². The highest BCUT2D eigenvalue weighted by molar-refractivity contribution is 5.76. The largest absolute Gasteiger partial charge is 0.425 e. The fourth-order valence-electron chi connectivity index (χ4n) is 3.72. The van der Waals surface area contributed by atoms with Crippen molar-refractivity contribution in [2.75, 3.05) is 6.61 Å². The van der Waals surface area contributed by atoms with Gasteiger partial charge in [-0.25, -0.2) is 0 Å². The number of aliphatic hydroxyl groups is 1. The van der Waals surface area contributed by atoms with Crippen LogP contribution in [-0.2, 0) is 11.2 Å². The summed E-state index contributed by atoms with van der Waals surface area (Å²) in [6, 6.07) is 0.252. The quantitative estimate of drug-likeness (QED) is 0.839. The smallest absolute Gasteiger partial charge is 0.220 e. The lowest BCUT2D eigenvalue weighted by Gasteiger charge is -2.27. The van der Waals surface area contributed by atoms with Gasteiger partial charge in [0.05, 0.1) is 0 Å². The van der Waals surface area contributed by atoms with E-state index >= 15 is 0 Å². The SMILES string of the molecule is O=C(CCc1nnc(C2CCCC2)o1)NC1CCC(CO)CC1. The number of carbonyl (C=O) groups is 1. The Morgan fingerprint density at radius 2 is 1.87 bits per heavy atom. The number of amides is 1. The molecule has 0 atom stereocenters. The summed E-state index contributed by atoms with van der Waals surface area (Å²) >= 11 is 0. The summed E-state index contributed by atoms with van der Waals surface area (Å²) in [5.74, 6) is 2.21. The lowest BCUT2D eigenvalue weighted by molar-refractivity contribution is -0.122. The maximum atomic E-state index is 12.0. The van der Waals surface area contributed by atoms with E-state index in [4.69, 9.17) is 9.52 Å². The van der Waals surface area contributed by atoms with Gasteiger partial charge in [0, 0.05) is 31.4 Å². The number of aryl methyl sites for hydroxylation is 1. The zero-order chi connectivity index (χ0) is 16.1. The molecule has 2 N–H and O–H groups in total. The third kappa shape index (κ3) is 4.53. The molecular formula is C17H27N3O3. The number of hydrogen-bond donors (Lipinski definition) is 2. The minimum absolute atomic E-state index is 0.0538. The molecule has 2 saturated carbocycles. The molecule has 0 bridgehead atoms. The summed E-state index contributed by atoms with van der Waals surface area (Å²) in [7, 11) is 0. The Morgan fingerprint density at radius 3 is 2.57 bits per heavy atom. The van der Waals surface area contributed by atoms with Gasteiger partial charge in [0.15, 0.2) is 0 Å². The van der Waals surface area contributed by atoms with Gasteiger partial charge in [-0.3, -0.25) is 4.79 Å². The first-order chi connectivity index (χ1) is 11.2. The molecule has 1 aromatic heterocycles. The predicted molar refractivity (Wildman–Crippen MR) is 84.8 cm³/mol. The van der Waals surface area contributed by atoms with E-state index in [-0.39, 0.29) is 18.6 Å². The Morgan fingerprint density at radius 1 is 1.13 bits per heavy atom. The number of hydrogen-bond acceptors (Lipinski definition) is 5. The number of aliphatic hydroxyl groups excluding tert-OH is 1. The number of nitrogens with one attached hydrogen (secondary N) is 1. The summed E-state index contributed by atoms with van der Waals surface area (Å²) in [5.41, 5.74) is 0. The van der Waals surface area contributed by atoms with Gasteiger partial charge in [0.2, 0.25) is 17.7 Å². The van der Waals surface area contributed by atoms with Crippen LogP contribution < -0.4 is 5.32 Å². The molecule has 2 aliphatic carbocycles. The van der Waals surface area contributed by atoms with Crippen LogP contribution in [0.1, 0.15) is 75.5 Å². The molecule has 2 aliphatic rings. The maximum Gasteiger partial charge on any atom is 0.220 e. The van der Waals surface area contributed by atoms with Crippen molar-refractivity contribution in [3.8, 4) is 0 Å². The molecule has 0 unspecified atom stereocenters. The Bertz CT molecular complexity index is 503. The standard InChI is InChI=1S/C17H27N3O3/c21-11-12-5-7-14(8-6-12)18-15(22)9-10-16-19-20-17(23-16)13-3-1-2-4-13/h12-14,21H,1-11H2,(H,18,22). The van der Waals surface area contributed by atoms with Gasteiger partial charge < -0.3 is 14.8 Å². The highest BCUT2D eigenvalue weighted by Crippen LogP contribution is 2.33. The summed E-state index contributed by atoms with van der Waals surface area (Å²) in [5, 5.41) is 20.4. The van der Waals surface area contributed by atoms with Crippen LogP contribution in [0.2, 0.25) is 0 Å². The molecule has 0 radical (unpaired) electrons. The molecule has 0 saturated heterocycles. The van der Waals surface area contributed by atoms with E-state index in [9.17, 15) is 4.79 Å². The van der Waals surface area contributed by atoms with Crippen LogP contribution >= 0.6 is 0 Å². The van der Waals surface area contributed by atoms with Crippen molar-refractivity contribution < 1.29 is 14.3 Å². The fraction of sp³-hybridized carbons (Fsp3) is 0.824. The molecule has 3 rings (SSSR count). The Hall–Kier alpha value is -1.43. The zero-order valence-corrected chi connectivity index (χ0v) is 13.7. The van der Waals surface area contributed by atoms with Gasteiger partial charge >= 0.3 is 0 Å². The normalized spacial score (nSPS) is 25.6. The second-order valence-corrected chi connectivity index (χ2v) is 6.98. The molecule has 0 spiro atoms. The monoisotopic (exact) mass is 321 g/mol. The minimum atomic E-state index is 0.0538. The van der Waals surface area contributed by atoms with Crippen molar-refractivity contribution in [3.63, 3.8) is 0 Å². The van der Waals surface area contributed by atoms with Gasteiger partial charge in [0.25, 0.3) is 0 Å². The fourth-order valence-corrected chi connectivity index (χ4v) is 3.72. The van der Waals surface area contributed by atoms with E-state index in [1.54, 1.807) is 0 Å². The zero-order valence-electron chi connectivity index (χ0n) is 13.7. The van der Waals surface area contributed by atoms with E-state index in [0.717, 1.165) is 44.4 Å². The molecule has 6 nitrogen and oxygen atoms in total. The highest BCUT2D eigenvalue weighted by Gasteiger charge is 2.24. The van der Waals surface area contributed by atoms with Gasteiger partial charge in [0.1, 0.15) is 0 Å². The second-order valence-electron chi connectivity index (χ2n) is 6.98. The first kappa shape index (κ1) is 16.4. The molecule has 6 heteroatoms. The van der Waals surface area contributed by atoms with Gasteiger partial charge in [-0.05, 0) is 44.4 Å². The Balaban J connectivity index is 1.39. The predicted octanol–water partition coefficient (Wildman–Crippen LogP) is 2.33. The number of nitrogens with zero attached hydrogens (tertiary/aromatic N) is 2. The van der Waals surface area contributed by atoms with Gasteiger partial charge in [-0.2, -0.15) is 0 Å². The number of carbonyl (C=O) groups excluding carboxylic acids is 1. The second kappa shape index (κ2) is 7.90. The first-order valence-electron chi connectivity index (χ1n) is 8.97. The maximum absolute atomic E-state index is 12.0. The topological polar surface area (TPSA) is 88.2 Å². The average Bonchev–Trinajstić information content (AvgIpc) is 3.25. The van der Waals surface area contributed by atoms with Crippen molar-refractivity contribution in [3.05, 3.63) is 11.8 Å². The van der Waals surface area contributed by atoms with E-state index in [0.29, 0.717) is 30.6 Å². The van der Waals surface area contributed by atoms with E-state index in [1.807, 2.05) is 0 Å². The Labute approximate surface area is 137 Å². The van der Waals surface area contributed by atoms with Crippen LogP contribution in [0, 0.1) is 5.92 Å². The van der Waals surface area contributed by atoms with Crippen molar-refractivity contribution in [1.29, 1.82) is 0 Å². The highest BCUT2D eigenvalue weighted by atomic mass is 16.4.